The maximum absolute atomic E-state index is 11.3. The maximum Gasteiger partial charge on any atom is 0.217 e. The molecule has 1 aromatic carbocycles. The zero-order valence-electron chi connectivity index (χ0n) is 15.3. The van der Waals surface area contributed by atoms with Gasteiger partial charge in [0.1, 0.15) is 12.7 Å². The number of hydrogen-bond donors (Lipinski definition) is 1. The van der Waals surface area contributed by atoms with E-state index in [4.69, 9.17) is 9.47 Å². The van der Waals surface area contributed by atoms with Gasteiger partial charge in [-0.25, -0.2) is 0 Å². The second kappa shape index (κ2) is 8.38. The lowest BCUT2D eigenvalue weighted by atomic mass is 9.89. The van der Waals surface area contributed by atoms with E-state index in [9.17, 15) is 4.79 Å². The van der Waals surface area contributed by atoms with Gasteiger partial charge in [0.2, 0.25) is 5.91 Å². The number of fused-ring (bicyclic) bond motifs is 1. The van der Waals surface area contributed by atoms with Gasteiger partial charge in [-0.05, 0) is 31.9 Å². The number of ether oxygens (including phenoxy) is 2. The van der Waals surface area contributed by atoms with Crippen LogP contribution >= 0.6 is 0 Å². The predicted molar refractivity (Wildman–Crippen MR) is 95.6 cm³/mol. The van der Waals surface area contributed by atoms with Crippen molar-refractivity contribution in [2.75, 3.05) is 26.2 Å². The highest BCUT2D eigenvalue weighted by atomic mass is 16.6. The van der Waals surface area contributed by atoms with E-state index in [-0.39, 0.29) is 17.6 Å². The molecule has 5 nitrogen and oxygen atoms in total. The molecule has 5 heteroatoms. The van der Waals surface area contributed by atoms with Crippen LogP contribution in [0.2, 0.25) is 0 Å². The fourth-order valence-electron chi connectivity index (χ4n) is 3.22. The summed E-state index contributed by atoms with van der Waals surface area (Å²) in [6, 6.07) is 7.80. The van der Waals surface area contributed by atoms with Crippen molar-refractivity contribution >= 4 is 5.91 Å². The molecule has 0 saturated carbocycles. The van der Waals surface area contributed by atoms with E-state index in [0.29, 0.717) is 6.61 Å². The normalized spacial score (nSPS) is 22.1. The highest BCUT2D eigenvalue weighted by Gasteiger charge is 2.32. The van der Waals surface area contributed by atoms with Crippen LogP contribution in [-0.2, 0) is 4.79 Å². The number of nitrogens with zero attached hydrogens (tertiary/aromatic N) is 1. The third kappa shape index (κ3) is 4.87. The summed E-state index contributed by atoms with van der Waals surface area (Å²) < 4.78 is 11.8. The SMILES string of the molecule is CC.CC(=O)NC1(C)CCN(CC2COc3ccccc3O2)CC1. The molecule has 24 heavy (non-hydrogen) atoms. The fraction of sp³-hybridized carbons (Fsp3) is 0.632. The van der Waals surface area contributed by atoms with Gasteiger partial charge < -0.3 is 14.8 Å². The number of hydrogen-bond acceptors (Lipinski definition) is 4. The molecule has 1 amide bonds. The zero-order chi connectivity index (χ0) is 17.6. The Bertz CT molecular complexity index is 539. The van der Waals surface area contributed by atoms with Crippen molar-refractivity contribution in [3.63, 3.8) is 0 Å². The van der Waals surface area contributed by atoms with Crippen LogP contribution in [0.15, 0.2) is 24.3 Å². The molecule has 3 rings (SSSR count). The first-order valence-corrected chi connectivity index (χ1v) is 8.94. The Morgan fingerprint density at radius 3 is 2.50 bits per heavy atom. The monoisotopic (exact) mass is 334 g/mol. The number of benzene rings is 1. The molecule has 2 aliphatic heterocycles. The van der Waals surface area contributed by atoms with Crippen LogP contribution in [-0.4, -0.2) is 48.7 Å². The van der Waals surface area contributed by atoms with Crippen LogP contribution in [0.25, 0.3) is 0 Å². The first-order valence-electron chi connectivity index (χ1n) is 8.94. The van der Waals surface area contributed by atoms with Crippen molar-refractivity contribution in [1.82, 2.24) is 10.2 Å². The molecule has 0 bridgehead atoms. The van der Waals surface area contributed by atoms with Crippen LogP contribution in [0.1, 0.15) is 40.5 Å². The number of rotatable bonds is 3. The Kier molecular flexibility index (Phi) is 6.49. The van der Waals surface area contributed by atoms with Crippen LogP contribution in [0.4, 0.5) is 0 Å². The number of nitrogens with one attached hydrogen (secondary N) is 1. The third-order valence-corrected chi connectivity index (χ3v) is 4.47. The van der Waals surface area contributed by atoms with E-state index in [2.05, 4.69) is 17.1 Å². The molecule has 134 valence electrons. The maximum atomic E-state index is 11.3. The average Bonchev–Trinajstić information content (AvgIpc) is 2.58. The molecule has 0 aliphatic carbocycles. The van der Waals surface area contributed by atoms with Crippen molar-refractivity contribution in [3.05, 3.63) is 24.3 Å². The molecule has 0 spiro atoms. The van der Waals surface area contributed by atoms with Crippen molar-refractivity contribution in [1.29, 1.82) is 0 Å². The Morgan fingerprint density at radius 2 is 1.88 bits per heavy atom. The Balaban J connectivity index is 0.00000100. The minimum Gasteiger partial charge on any atom is -0.486 e. The lowest BCUT2D eigenvalue weighted by molar-refractivity contribution is -0.121. The summed E-state index contributed by atoms with van der Waals surface area (Å²) in [5.41, 5.74) is -0.0706. The summed E-state index contributed by atoms with van der Waals surface area (Å²) in [6.07, 6.45) is 2.01. The minimum absolute atomic E-state index is 0.0524. The second-order valence-corrected chi connectivity index (χ2v) is 6.54. The lowest BCUT2D eigenvalue weighted by Gasteiger charge is -2.41. The standard InChI is InChI=1S/C17H24N2O3.C2H6/c1-13(20)18-17(2)7-9-19(10-8-17)11-14-12-21-15-5-3-4-6-16(15)22-14;1-2/h3-6,14H,7-12H2,1-2H3,(H,18,20);1-2H3. The Hall–Kier alpha value is -1.75. The summed E-state index contributed by atoms with van der Waals surface area (Å²) in [7, 11) is 0. The summed E-state index contributed by atoms with van der Waals surface area (Å²) in [5.74, 6) is 1.71. The van der Waals surface area contributed by atoms with E-state index in [1.165, 1.54) is 0 Å². The molecule has 1 N–H and O–H groups in total. The molecule has 2 heterocycles. The summed E-state index contributed by atoms with van der Waals surface area (Å²) in [6.45, 7) is 11.1. The van der Waals surface area contributed by atoms with Gasteiger partial charge >= 0.3 is 0 Å². The van der Waals surface area contributed by atoms with Crippen LogP contribution < -0.4 is 14.8 Å². The number of carbonyl (C=O) groups excluding carboxylic acids is 1. The largest absolute Gasteiger partial charge is 0.486 e. The van der Waals surface area contributed by atoms with E-state index < -0.39 is 0 Å². The van der Waals surface area contributed by atoms with Crippen LogP contribution in [0.5, 0.6) is 11.5 Å². The molecule has 1 aromatic rings. The first-order chi connectivity index (χ1) is 11.5. The Labute approximate surface area is 145 Å². The van der Waals surface area contributed by atoms with Crippen molar-refractivity contribution in [3.8, 4) is 11.5 Å². The van der Waals surface area contributed by atoms with Gasteiger partial charge in [0.05, 0.1) is 0 Å². The van der Waals surface area contributed by atoms with Crippen LogP contribution in [0, 0.1) is 0 Å². The molecular weight excluding hydrogens is 304 g/mol. The molecule has 1 atom stereocenters. The molecule has 0 radical (unpaired) electrons. The minimum atomic E-state index is -0.0706. The highest BCUT2D eigenvalue weighted by Crippen LogP contribution is 2.31. The Morgan fingerprint density at radius 1 is 1.25 bits per heavy atom. The smallest absolute Gasteiger partial charge is 0.217 e. The van der Waals surface area contributed by atoms with Gasteiger partial charge in [0.15, 0.2) is 11.5 Å². The number of para-hydroxylation sites is 2. The van der Waals surface area contributed by atoms with Gasteiger partial charge in [-0.3, -0.25) is 9.69 Å². The molecule has 0 aromatic heterocycles. The zero-order valence-corrected chi connectivity index (χ0v) is 15.3. The predicted octanol–water partition coefficient (Wildman–Crippen LogP) is 2.84. The summed E-state index contributed by atoms with van der Waals surface area (Å²) in [5, 5.41) is 3.07. The van der Waals surface area contributed by atoms with Crippen LogP contribution in [0.3, 0.4) is 0 Å². The molecule has 1 unspecified atom stereocenters. The van der Waals surface area contributed by atoms with E-state index in [1.807, 2.05) is 38.1 Å². The van der Waals surface area contributed by atoms with E-state index in [1.54, 1.807) is 6.92 Å². The number of amides is 1. The second-order valence-electron chi connectivity index (χ2n) is 6.54. The number of carbonyl (C=O) groups is 1. The topological polar surface area (TPSA) is 50.8 Å². The third-order valence-electron chi connectivity index (χ3n) is 4.47. The molecular formula is C19H30N2O3. The summed E-state index contributed by atoms with van der Waals surface area (Å²) >= 11 is 0. The molecule has 1 saturated heterocycles. The van der Waals surface area contributed by atoms with Crippen molar-refractivity contribution in [2.45, 2.75) is 52.2 Å². The average molecular weight is 334 g/mol. The first kappa shape index (κ1) is 18.6. The van der Waals surface area contributed by atoms with Gasteiger partial charge in [0.25, 0.3) is 0 Å². The lowest BCUT2D eigenvalue weighted by Crippen LogP contribution is -2.54. The van der Waals surface area contributed by atoms with Crippen molar-refractivity contribution in [2.24, 2.45) is 0 Å². The quantitative estimate of drug-likeness (QED) is 0.923. The fourth-order valence-corrected chi connectivity index (χ4v) is 3.22. The van der Waals surface area contributed by atoms with Crippen molar-refractivity contribution < 1.29 is 14.3 Å². The summed E-state index contributed by atoms with van der Waals surface area (Å²) in [4.78, 5) is 13.7. The molecule has 1 fully saturated rings. The highest BCUT2D eigenvalue weighted by molar-refractivity contribution is 5.73. The van der Waals surface area contributed by atoms with Gasteiger partial charge in [-0.2, -0.15) is 0 Å². The molecule has 2 aliphatic rings. The van der Waals surface area contributed by atoms with Gasteiger partial charge in [-0.1, -0.05) is 26.0 Å². The number of piperidine rings is 1. The van der Waals surface area contributed by atoms with E-state index in [0.717, 1.165) is 44.0 Å². The van der Waals surface area contributed by atoms with Gasteiger partial charge in [-0.15, -0.1) is 0 Å². The number of likely N-dealkylation sites (tertiary alicyclic amines) is 1. The van der Waals surface area contributed by atoms with E-state index >= 15 is 0 Å². The van der Waals surface area contributed by atoms with Gasteiger partial charge in [0, 0.05) is 32.1 Å².